The van der Waals surface area contributed by atoms with Crippen molar-refractivity contribution in [1.29, 1.82) is 0 Å². The van der Waals surface area contributed by atoms with Gasteiger partial charge in [-0.2, -0.15) is 0 Å². The fourth-order valence-electron chi connectivity index (χ4n) is 4.40. The van der Waals surface area contributed by atoms with E-state index in [9.17, 15) is 14.7 Å². The summed E-state index contributed by atoms with van der Waals surface area (Å²) in [6.07, 6.45) is 4.07. The summed E-state index contributed by atoms with van der Waals surface area (Å²) in [6, 6.07) is 9.83. The van der Waals surface area contributed by atoms with Gasteiger partial charge in [0.15, 0.2) is 11.5 Å². The first-order chi connectivity index (χ1) is 16.6. The lowest BCUT2D eigenvalue weighted by atomic mass is 9.95. The number of ether oxygens (including phenoxy) is 2. The summed E-state index contributed by atoms with van der Waals surface area (Å²) in [5.74, 6) is -0.796. The molecule has 1 N–H and O–H groups in total. The maximum atomic E-state index is 13.3. The molecule has 1 unspecified atom stereocenters. The SMILES string of the molecule is CCCCOc1cccc(C2C(C(=O)c3ccco3)=C(O)C(=O)N2CCCN2CCOCC2)c1. The summed E-state index contributed by atoms with van der Waals surface area (Å²) >= 11 is 0. The largest absolute Gasteiger partial charge is 0.503 e. The Kier molecular flexibility index (Phi) is 8.03. The van der Waals surface area contributed by atoms with Crippen molar-refractivity contribution in [2.24, 2.45) is 0 Å². The zero-order valence-electron chi connectivity index (χ0n) is 19.6. The number of hydrogen-bond acceptors (Lipinski definition) is 7. The van der Waals surface area contributed by atoms with Gasteiger partial charge in [-0.15, -0.1) is 0 Å². The summed E-state index contributed by atoms with van der Waals surface area (Å²) in [5.41, 5.74) is 0.754. The molecule has 0 bridgehead atoms. The molecule has 182 valence electrons. The second-order valence-electron chi connectivity index (χ2n) is 8.55. The van der Waals surface area contributed by atoms with Gasteiger partial charge in [-0.25, -0.2) is 0 Å². The van der Waals surface area contributed by atoms with Crippen LogP contribution in [0.3, 0.4) is 0 Å². The van der Waals surface area contributed by atoms with E-state index in [-0.39, 0.29) is 11.3 Å². The molecule has 1 aromatic heterocycles. The summed E-state index contributed by atoms with van der Waals surface area (Å²) in [7, 11) is 0. The monoisotopic (exact) mass is 468 g/mol. The highest BCUT2D eigenvalue weighted by Gasteiger charge is 2.44. The topological polar surface area (TPSA) is 92.5 Å². The van der Waals surface area contributed by atoms with Crippen LogP contribution in [0.1, 0.15) is 48.3 Å². The van der Waals surface area contributed by atoms with E-state index in [4.69, 9.17) is 13.9 Å². The molecule has 1 atom stereocenters. The molecule has 2 aliphatic rings. The number of Topliss-reactive ketones (excluding diaryl/α,β-unsaturated/α-hetero) is 1. The van der Waals surface area contributed by atoms with Gasteiger partial charge in [0.1, 0.15) is 5.75 Å². The third-order valence-electron chi connectivity index (χ3n) is 6.21. The number of carbonyl (C=O) groups is 2. The molecule has 0 aliphatic carbocycles. The van der Waals surface area contributed by atoms with Gasteiger partial charge in [-0.05, 0) is 42.7 Å². The molecule has 1 aromatic carbocycles. The van der Waals surface area contributed by atoms with Crippen molar-refractivity contribution in [3.63, 3.8) is 0 Å². The number of carbonyl (C=O) groups excluding carboxylic acids is 2. The normalized spacial score (nSPS) is 19.1. The predicted octanol–water partition coefficient (Wildman–Crippen LogP) is 3.76. The number of rotatable bonds is 11. The smallest absolute Gasteiger partial charge is 0.290 e. The minimum absolute atomic E-state index is 0.0389. The maximum Gasteiger partial charge on any atom is 0.290 e. The number of unbranched alkanes of at least 4 members (excludes halogenated alkanes) is 1. The first-order valence-electron chi connectivity index (χ1n) is 11.9. The molecule has 2 aliphatic heterocycles. The lowest BCUT2D eigenvalue weighted by Gasteiger charge is -2.30. The fraction of sp³-hybridized carbons (Fsp3) is 0.462. The minimum atomic E-state index is -0.718. The van der Waals surface area contributed by atoms with Crippen molar-refractivity contribution in [3.8, 4) is 5.75 Å². The van der Waals surface area contributed by atoms with Crippen LogP contribution in [0, 0.1) is 0 Å². The standard InChI is InChI=1S/C26H32N2O6/c1-2-3-14-33-20-8-4-7-19(18-20)23-22(24(29)21-9-5-15-34-21)25(30)26(31)28(23)11-6-10-27-12-16-32-17-13-27/h4-5,7-9,15,18,23,30H,2-3,6,10-14,16-17H2,1H3. The second kappa shape index (κ2) is 11.4. The Morgan fingerprint density at radius 3 is 2.71 bits per heavy atom. The van der Waals surface area contributed by atoms with Crippen LogP contribution in [0.2, 0.25) is 0 Å². The summed E-state index contributed by atoms with van der Waals surface area (Å²) in [6.45, 7) is 7.04. The highest BCUT2D eigenvalue weighted by Crippen LogP contribution is 2.40. The number of amides is 1. The van der Waals surface area contributed by atoms with Crippen LogP contribution < -0.4 is 4.74 Å². The highest BCUT2D eigenvalue weighted by atomic mass is 16.5. The zero-order valence-corrected chi connectivity index (χ0v) is 19.6. The first kappa shape index (κ1) is 24.0. The van der Waals surface area contributed by atoms with Crippen LogP contribution in [0.5, 0.6) is 5.75 Å². The Labute approximate surface area is 199 Å². The lowest BCUT2D eigenvalue weighted by Crippen LogP contribution is -2.39. The molecule has 2 aromatic rings. The van der Waals surface area contributed by atoms with Crippen molar-refractivity contribution in [2.75, 3.05) is 46.0 Å². The van der Waals surface area contributed by atoms with Gasteiger partial charge in [-0.3, -0.25) is 14.5 Å². The first-order valence-corrected chi connectivity index (χ1v) is 11.9. The van der Waals surface area contributed by atoms with Crippen LogP contribution in [0.15, 0.2) is 58.4 Å². The van der Waals surface area contributed by atoms with Crippen LogP contribution in [-0.2, 0) is 9.53 Å². The van der Waals surface area contributed by atoms with E-state index in [0.29, 0.717) is 44.1 Å². The van der Waals surface area contributed by atoms with Gasteiger partial charge in [-0.1, -0.05) is 25.5 Å². The molecule has 8 nitrogen and oxygen atoms in total. The molecular weight excluding hydrogens is 436 g/mol. The van der Waals surface area contributed by atoms with Crippen molar-refractivity contribution in [3.05, 3.63) is 65.3 Å². The van der Waals surface area contributed by atoms with Crippen molar-refractivity contribution >= 4 is 11.7 Å². The Balaban J connectivity index is 1.59. The van der Waals surface area contributed by atoms with Crippen molar-refractivity contribution in [1.82, 2.24) is 9.80 Å². The van der Waals surface area contributed by atoms with Crippen LogP contribution in [-0.4, -0.2) is 72.6 Å². The van der Waals surface area contributed by atoms with E-state index in [1.165, 1.54) is 12.3 Å². The Morgan fingerprint density at radius 1 is 1.15 bits per heavy atom. The zero-order chi connectivity index (χ0) is 23.9. The van der Waals surface area contributed by atoms with Gasteiger partial charge in [0.05, 0.1) is 37.7 Å². The Hall–Kier alpha value is -3.10. The molecule has 4 rings (SSSR count). The van der Waals surface area contributed by atoms with Gasteiger partial charge < -0.3 is 23.9 Å². The summed E-state index contributed by atoms with van der Waals surface area (Å²) < 4.78 is 16.6. The molecule has 0 spiro atoms. The van der Waals surface area contributed by atoms with Crippen molar-refractivity contribution < 1.29 is 28.6 Å². The Bertz CT molecular complexity index is 1010. The van der Waals surface area contributed by atoms with Gasteiger partial charge >= 0.3 is 0 Å². The molecule has 1 saturated heterocycles. The second-order valence-corrected chi connectivity index (χ2v) is 8.55. The van der Waals surface area contributed by atoms with Crippen LogP contribution in [0.4, 0.5) is 0 Å². The molecule has 1 amide bonds. The number of morpholine rings is 1. The van der Waals surface area contributed by atoms with E-state index in [1.807, 2.05) is 24.3 Å². The van der Waals surface area contributed by atoms with Crippen LogP contribution >= 0.6 is 0 Å². The molecular formula is C26H32N2O6. The number of hydrogen-bond donors (Lipinski definition) is 1. The number of aliphatic hydroxyl groups is 1. The average Bonchev–Trinajstić information content (AvgIpc) is 3.48. The van der Waals surface area contributed by atoms with Gasteiger partial charge in [0, 0.05) is 26.2 Å². The summed E-state index contributed by atoms with van der Waals surface area (Å²) in [5, 5.41) is 10.8. The molecule has 0 saturated carbocycles. The Morgan fingerprint density at radius 2 is 1.97 bits per heavy atom. The number of ketones is 1. The quantitative estimate of drug-likeness (QED) is 0.397. The number of nitrogens with zero attached hydrogens (tertiary/aromatic N) is 2. The third-order valence-corrected chi connectivity index (χ3v) is 6.21. The molecule has 8 heteroatoms. The van der Waals surface area contributed by atoms with E-state index in [0.717, 1.165) is 32.5 Å². The van der Waals surface area contributed by atoms with E-state index >= 15 is 0 Å². The average molecular weight is 469 g/mol. The van der Waals surface area contributed by atoms with E-state index < -0.39 is 23.5 Å². The maximum absolute atomic E-state index is 13.3. The molecule has 34 heavy (non-hydrogen) atoms. The van der Waals surface area contributed by atoms with E-state index in [1.54, 1.807) is 11.0 Å². The number of aliphatic hydroxyl groups excluding tert-OH is 1. The van der Waals surface area contributed by atoms with Gasteiger partial charge in [0.25, 0.3) is 5.91 Å². The van der Waals surface area contributed by atoms with Crippen LogP contribution in [0.25, 0.3) is 0 Å². The number of furan rings is 1. The fourth-order valence-corrected chi connectivity index (χ4v) is 4.40. The molecule has 3 heterocycles. The van der Waals surface area contributed by atoms with E-state index in [2.05, 4.69) is 11.8 Å². The lowest BCUT2D eigenvalue weighted by molar-refractivity contribution is -0.129. The minimum Gasteiger partial charge on any atom is -0.503 e. The third kappa shape index (κ3) is 5.34. The predicted molar refractivity (Wildman–Crippen MR) is 126 cm³/mol. The molecule has 0 radical (unpaired) electrons. The molecule has 1 fully saturated rings. The number of benzene rings is 1. The summed E-state index contributed by atoms with van der Waals surface area (Å²) in [4.78, 5) is 30.3. The van der Waals surface area contributed by atoms with Crippen molar-refractivity contribution in [2.45, 2.75) is 32.2 Å². The van der Waals surface area contributed by atoms with Gasteiger partial charge in [0.2, 0.25) is 5.78 Å². The highest BCUT2D eigenvalue weighted by molar-refractivity contribution is 6.15.